The Morgan fingerprint density at radius 2 is 0.773 bits per heavy atom. The van der Waals surface area contributed by atoms with Crippen molar-refractivity contribution in [2.45, 2.75) is 49.4 Å². The van der Waals surface area contributed by atoms with Gasteiger partial charge in [0.15, 0.2) is 0 Å². The summed E-state index contributed by atoms with van der Waals surface area (Å²) in [6.07, 6.45) is 4.20. The summed E-state index contributed by atoms with van der Waals surface area (Å²) < 4.78 is 0. The zero-order valence-corrected chi connectivity index (χ0v) is 49.5. The summed E-state index contributed by atoms with van der Waals surface area (Å²) in [7, 11) is 0. The molecule has 1 nitrogen and oxygen atoms in total. The molecule has 88 heavy (non-hydrogen) atoms. The van der Waals surface area contributed by atoms with Crippen molar-refractivity contribution in [3.8, 4) is 66.8 Å². The minimum atomic E-state index is -0.761. The molecule has 4 unspecified atom stereocenters. The molecule has 0 aromatic heterocycles. The minimum absolute atomic E-state index is 0.0658. The van der Waals surface area contributed by atoms with Crippen molar-refractivity contribution >= 4 is 38.6 Å². The molecule has 7 aliphatic carbocycles. The summed E-state index contributed by atoms with van der Waals surface area (Å²) in [6.45, 7) is 4.97. The van der Waals surface area contributed by atoms with Crippen LogP contribution in [0.25, 0.3) is 88.3 Å². The first-order valence-electron chi connectivity index (χ1n) is 32.2. The molecule has 13 aromatic rings. The second kappa shape index (κ2) is 17.5. The predicted octanol–water partition coefficient (Wildman–Crippen LogP) is 22.1. The SMILES string of the molecule is CC1(C)c2cccc(-c3ccc4ccccc4c3)c2C2(c3ccccc3-c3ccc(N(c4ccc(-c5ccccc5-c5ccccc5)cc4)c4cccc5c4-c4ccccc4C54C5CC6CC7CC4C675)cc32)c2c(-c3ccc4ccccc4c3)cccc21. The molecule has 7 aliphatic rings. The average Bonchev–Trinajstić information content (AvgIpc) is 0.997. The molecule has 4 atom stereocenters. The highest BCUT2D eigenvalue weighted by atomic mass is 15.1. The van der Waals surface area contributed by atoms with Crippen LogP contribution in [0.3, 0.4) is 0 Å². The molecule has 416 valence electrons. The van der Waals surface area contributed by atoms with Crippen LogP contribution in [0.15, 0.2) is 285 Å². The quantitative estimate of drug-likeness (QED) is 0.154. The summed E-state index contributed by atoms with van der Waals surface area (Å²) in [5.41, 5.74) is 29.7. The number of benzene rings is 13. The van der Waals surface area contributed by atoms with Gasteiger partial charge in [-0.25, -0.2) is 0 Å². The fourth-order valence-electron chi connectivity index (χ4n) is 20.4. The molecule has 0 radical (unpaired) electrons. The Labute approximate surface area is 515 Å². The third kappa shape index (κ3) is 5.99. The van der Waals surface area contributed by atoms with Gasteiger partial charge in [0.05, 0.1) is 11.1 Å². The van der Waals surface area contributed by atoms with E-state index in [1.165, 1.54) is 147 Å². The fraction of sp³-hybridized carbons (Fsp3) is 0.149. The summed E-state index contributed by atoms with van der Waals surface area (Å²) in [5.74, 6) is 3.31. The lowest BCUT2D eigenvalue weighted by Gasteiger charge is -2.92. The van der Waals surface area contributed by atoms with Crippen molar-refractivity contribution in [2.24, 2.45) is 29.1 Å². The number of rotatable bonds is 7. The van der Waals surface area contributed by atoms with Gasteiger partial charge >= 0.3 is 0 Å². The zero-order chi connectivity index (χ0) is 57.8. The highest BCUT2D eigenvalue weighted by molar-refractivity contribution is 6.01. The Bertz CT molecular complexity index is 5000. The third-order valence-electron chi connectivity index (χ3n) is 23.8. The molecule has 0 bridgehead atoms. The van der Waals surface area contributed by atoms with E-state index in [9.17, 15) is 0 Å². The second-order valence-corrected chi connectivity index (χ2v) is 27.3. The molecule has 0 amide bonds. The van der Waals surface area contributed by atoms with Crippen molar-refractivity contribution in [1.29, 1.82) is 0 Å². The molecule has 1 heteroatoms. The first-order chi connectivity index (χ1) is 43.4. The molecule has 4 saturated carbocycles. The van der Waals surface area contributed by atoms with Crippen LogP contribution in [0.5, 0.6) is 0 Å². The van der Waals surface area contributed by atoms with Crippen LogP contribution in [0.1, 0.15) is 77.6 Å². The van der Waals surface area contributed by atoms with Crippen LogP contribution < -0.4 is 4.90 Å². The Kier molecular flexibility index (Phi) is 9.78. The van der Waals surface area contributed by atoms with Gasteiger partial charge in [-0.2, -0.15) is 0 Å². The van der Waals surface area contributed by atoms with Crippen LogP contribution in [0.4, 0.5) is 17.1 Å². The number of nitrogens with zero attached hydrogens (tertiary/aromatic N) is 1. The molecule has 0 N–H and O–H groups in total. The van der Waals surface area contributed by atoms with E-state index < -0.39 is 5.41 Å². The van der Waals surface area contributed by atoms with Gasteiger partial charge in [-0.15, -0.1) is 0 Å². The maximum absolute atomic E-state index is 2.67. The molecule has 0 heterocycles. The smallest absolute Gasteiger partial charge is 0.0732 e. The summed E-state index contributed by atoms with van der Waals surface area (Å²) in [5, 5.41) is 4.99. The Morgan fingerprint density at radius 1 is 0.307 bits per heavy atom. The van der Waals surface area contributed by atoms with Gasteiger partial charge < -0.3 is 4.90 Å². The molecule has 13 aromatic carbocycles. The molecular formula is C87H63N. The summed E-state index contributed by atoms with van der Waals surface area (Å²) in [6, 6.07) is 110. The molecule has 20 rings (SSSR count). The van der Waals surface area contributed by atoms with Gasteiger partial charge in [-0.1, -0.05) is 257 Å². The van der Waals surface area contributed by atoms with Crippen molar-refractivity contribution < 1.29 is 0 Å². The standard InChI is InChI=1S/C87H63N/c1-84(2)75-34-16-29-67(59-39-37-53-19-6-8-23-57(53)47-59)82(75)87(83-68(30-17-35-76(83)84)60-40-38-54-20-7-9-24-58(54)48-60)72-31-14-12-27-69(72)70-46-45-64(52-77(70)87)88(63-43-41-56(42-44-63)66-26-11-10-25-65(66)55-21-4-3-5-22-55)78-36-18-33-74-81(78)71-28-13-15-32-73(71)86(74)79-50-61-49-62-51-80(86)85(61,62)79/h3-48,52,61-62,79-80H,49-51H2,1-2H3. The first-order valence-corrected chi connectivity index (χ1v) is 32.2. The molecule has 0 saturated heterocycles. The lowest BCUT2D eigenvalue weighted by Crippen LogP contribution is -2.88. The zero-order valence-electron chi connectivity index (χ0n) is 49.5. The van der Waals surface area contributed by atoms with Crippen molar-refractivity contribution in [3.63, 3.8) is 0 Å². The number of anilines is 3. The van der Waals surface area contributed by atoms with Crippen LogP contribution in [0.2, 0.25) is 0 Å². The number of fused-ring (bicyclic) bond motifs is 18. The van der Waals surface area contributed by atoms with E-state index in [-0.39, 0.29) is 10.8 Å². The topological polar surface area (TPSA) is 3.24 Å². The van der Waals surface area contributed by atoms with E-state index in [1.54, 1.807) is 11.1 Å². The van der Waals surface area contributed by atoms with Gasteiger partial charge in [-0.05, 0) is 218 Å². The lowest BCUT2D eigenvalue weighted by molar-refractivity contribution is -0.412. The van der Waals surface area contributed by atoms with E-state index in [0.29, 0.717) is 5.41 Å². The maximum atomic E-state index is 2.67. The monoisotopic (exact) mass is 1120 g/mol. The first kappa shape index (κ1) is 49.3. The van der Waals surface area contributed by atoms with Gasteiger partial charge in [0, 0.05) is 27.8 Å². The van der Waals surface area contributed by atoms with Gasteiger partial charge in [0.1, 0.15) is 0 Å². The predicted molar refractivity (Wildman–Crippen MR) is 364 cm³/mol. The van der Waals surface area contributed by atoms with E-state index in [0.717, 1.165) is 35.0 Å². The lowest BCUT2D eigenvalue weighted by atomic mass is 9.11. The highest BCUT2D eigenvalue weighted by Gasteiger charge is 2.90. The highest BCUT2D eigenvalue weighted by Crippen LogP contribution is 2.95. The van der Waals surface area contributed by atoms with Crippen LogP contribution >= 0.6 is 0 Å². The Hall–Kier alpha value is -9.82. The molecule has 3 spiro atoms. The third-order valence-corrected chi connectivity index (χ3v) is 23.8. The molecule has 4 fully saturated rings. The van der Waals surface area contributed by atoms with Crippen LogP contribution in [0, 0.1) is 29.1 Å². The van der Waals surface area contributed by atoms with E-state index in [4.69, 9.17) is 0 Å². The fourth-order valence-corrected chi connectivity index (χ4v) is 20.4. The maximum Gasteiger partial charge on any atom is 0.0732 e. The van der Waals surface area contributed by atoms with Crippen molar-refractivity contribution in [3.05, 3.63) is 330 Å². The molecular weight excluding hydrogens is 1060 g/mol. The Balaban J connectivity index is 0.875. The minimum Gasteiger partial charge on any atom is -0.310 e. The summed E-state index contributed by atoms with van der Waals surface area (Å²) in [4.78, 5) is 2.67. The number of hydrogen-bond acceptors (Lipinski definition) is 1. The molecule has 0 aliphatic heterocycles. The Morgan fingerprint density at radius 3 is 1.40 bits per heavy atom. The van der Waals surface area contributed by atoms with Gasteiger partial charge in [-0.3, -0.25) is 0 Å². The van der Waals surface area contributed by atoms with E-state index in [1.807, 2.05) is 0 Å². The van der Waals surface area contributed by atoms with Gasteiger partial charge in [0.25, 0.3) is 0 Å². The number of hydrogen-bond donors (Lipinski definition) is 0. The van der Waals surface area contributed by atoms with E-state index in [2.05, 4.69) is 304 Å². The average molecular weight is 1120 g/mol. The second-order valence-electron chi connectivity index (χ2n) is 27.3. The van der Waals surface area contributed by atoms with Crippen LogP contribution in [-0.2, 0) is 16.2 Å². The largest absolute Gasteiger partial charge is 0.310 e. The van der Waals surface area contributed by atoms with Gasteiger partial charge in [0.2, 0.25) is 0 Å². The van der Waals surface area contributed by atoms with Crippen LogP contribution in [-0.4, -0.2) is 0 Å². The van der Waals surface area contributed by atoms with Crippen molar-refractivity contribution in [1.82, 2.24) is 0 Å². The normalized spacial score (nSPS) is 22.3. The summed E-state index contributed by atoms with van der Waals surface area (Å²) >= 11 is 0. The van der Waals surface area contributed by atoms with Crippen molar-refractivity contribution in [2.75, 3.05) is 4.90 Å². The van der Waals surface area contributed by atoms with E-state index >= 15 is 0 Å².